The van der Waals surface area contributed by atoms with Gasteiger partial charge in [0.1, 0.15) is 11.6 Å². The summed E-state index contributed by atoms with van der Waals surface area (Å²) in [5, 5.41) is 0. The maximum Gasteiger partial charge on any atom is 0.228 e. The topological polar surface area (TPSA) is 99.8 Å². The molecule has 0 saturated carbocycles. The lowest BCUT2D eigenvalue weighted by Gasteiger charge is -2.34. The predicted octanol–water partition coefficient (Wildman–Crippen LogP) is 2.32. The molecule has 2 saturated heterocycles. The van der Waals surface area contributed by atoms with Gasteiger partial charge in [0.15, 0.2) is 0 Å². The van der Waals surface area contributed by atoms with Crippen molar-refractivity contribution in [3.05, 3.63) is 47.5 Å². The van der Waals surface area contributed by atoms with Crippen LogP contribution in [-0.4, -0.2) is 95.3 Å². The van der Waals surface area contributed by atoms with E-state index in [1.807, 2.05) is 17.0 Å². The van der Waals surface area contributed by atoms with Gasteiger partial charge >= 0.3 is 0 Å². The third-order valence-electron chi connectivity index (χ3n) is 7.67. The van der Waals surface area contributed by atoms with Gasteiger partial charge in [-0.1, -0.05) is 13.0 Å². The van der Waals surface area contributed by atoms with Gasteiger partial charge in [0.05, 0.1) is 24.6 Å². The number of hydrogen-bond donors (Lipinski definition) is 1. The fraction of sp³-hybridized carbons (Fsp3) is 0.481. The third-order valence-corrected chi connectivity index (χ3v) is 7.67. The van der Waals surface area contributed by atoms with E-state index in [0.29, 0.717) is 50.9 Å². The van der Waals surface area contributed by atoms with Crippen molar-refractivity contribution < 1.29 is 9.13 Å². The van der Waals surface area contributed by atoms with Crippen molar-refractivity contribution >= 4 is 23.4 Å². The van der Waals surface area contributed by atoms with Crippen molar-refractivity contribution in [1.82, 2.24) is 29.7 Å². The zero-order chi connectivity index (χ0) is 26.1. The molecule has 0 aliphatic carbocycles. The van der Waals surface area contributed by atoms with Gasteiger partial charge in [0.2, 0.25) is 11.9 Å². The van der Waals surface area contributed by atoms with E-state index < -0.39 is 0 Å². The summed E-state index contributed by atoms with van der Waals surface area (Å²) >= 11 is 0. The molecule has 1 aromatic carbocycles. The summed E-state index contributed by atoms with van der Waals surface area (Å²) in [6.45, 7) is 11.5. The molecule has 2 N–H and O–H groups in total. The molecule has 0 unspecified atom stereocenters. The van der Waals surface area contributed by atoms with Crippen molar-refractivity contribution in [2.24, 2.45) is 0 Å². The Bertz CT molecular complexity index is 1270. The molecule has 2 aromatic heterocycles. The largest absolute Gasteiger partial charge is 0.378 e. The zero-order valence-electron chi connectivity index (χ0n) is 21.8. The van der Waals surface area contributed by atoms with E-state index in [1.54, 1.807) is 18.5 Å². The van der Waals surface area contributed by atoms with Crippen LogP contribution in [0.4, 0.5) is 27.8 Å². The number of nitrogens with zero attached hydrogens (tertiary/aromatic N) is 8. The Hall–Kier alpha value is -3.41. The van der Waals surface area contributed by atoms with Gasteiger partial charge in [-0.05, 0) is 30.7 Å². The monoisotopic (exact) mass is 519 g/mol. The molecule has 3 aliphatic heterocycles. The number of piperazine rings is 1. The average Bonchev–Trinajstić information content (AvgIpc) is 3.39. The number of nitrogens with two attached hydrogens (primary N) is 1. The smallest absolute Gasteiger partial charge is 0.228 e. The van der Waals surface area contributed by atoms with Crippen molar-refractivity contribution in [2.45, 2.75) is 19.9 Å². The predicted molar refractivity (Wildman–Crippen MR) is 145 cm³/mol. The van der Waals surface area contributed by atoms with E-state index in [4.69, 9.17) is 20.4 Å². The van der Waals surface area contributed by atoms with E-state index in [2.05, 4.69) is 31.6 Å². The van der Waals surface area contributed by atoms with Crippen molar-refractivity contribution in [3.8, 4) is 11.3 Å². The second kappa shape index (κ2) is 10.8. The normalized spacial score (nSPS) is 18.7. The molecule has 6 rings (SSSR count). The van der Waals surface area contributed by atoms with Crippen LogP contribution in [0.1, 0.15) is 18.1 Å². The number of hydrogen-bond acceptors (Lipinski definition) is 10. The highest BCUT2D eigenvalue weighted by atomic mass is 19.1. The lowest BCUT2D eigenvalue weighted by Crippen LogP contribution is -2.45. The standard InChI is InChI=1S/C27H34FN9O/c1-2-34-7-9-35(10-8-34)18-19-3-4-22(28)23(15-19)37-6-5-21-24(20-16-30-26(29)31-17-20)32-27(33-25(21)37)36-11-13-38-14-12-36/h3-4,15-17H,2,5-14,18H2,1H3,(H2,29,30,31). The highest BCUT2D eigenvalue weighted by molar-refractivity contribution is 5.77. The Morgan fingerprint density at radius 1 is 0.947 bits per heavy atom. The number of fused-ring (bicyclic) bond motifs is 1. The Labute approximate surface area is 222 Å². The molecular weight excluding hydrogens is 485 g/mol. The van der Waals surface area contributed by atoms with Gasteiger partial charge in [0.25, 0.3) is 0 Å². The minimum Gasteiger partial charge on any atom is -0.378 e. The summed E-state index contributed by atoms with van der Waals surface area (Å²) in [5.41, 5.74) is 9.91. The van der Waals surface area contributed by atoms with Gasteiger partial charge in [-0.15, -0.1) is 0 Å². The van der Waals surface area contributed by atoms with E-state index >= 15 is 4.39 Å². The van der Waals surface area contributed by atoms with E-state index in [9.17, 15) is 0 Å². The Morgan fingerprint density at radius 2 is 1.68 bits per heavy atom. The zero-order valence-corrected chi connectivity index (χ0v) is 21.8. The minimum atomic E-state index is -0.249. The number of anilines is 4. The van der Waals surface area contributed by atoms with E-state index in [-0.39, 0.29) is 11.8 Å². The fourth-order valence-electron chi connectivity index (χ4n) is 5.47. The molecule has 11 heteroatoms. The molecule has 0 amide bonds. The summed E-state index contributed by atoms with van der Waals surface area (Å²) in [6, 6.07) is 5.47. The molecule has 200 valence electrons. The fourth-order valence-corrected chi connectivity index (χ4v) is 5.47. The van der Waals surface area contributed by atoms with Crippen LogP contribution >= 0.6 is 0 Å². The first kappa shape index (κ1) is 24.9. The third kappa shape index (κ3) is 5.01. The first-order chi connectivity index (χ1) is 18.6. The molecule has 0 atom stereocenters. The van der Waals surface area contributed by atoms with Crippen LogP contribution in [0.25, 0.3) is 11.3 Å². The SMILES string of the molecule is CCN1CCN(Cc2ccc(F)c(N3CCc4c(-c5cnc(N)nc5)nc(N5CCOCC5)nc43)c2)CC1. The summed E-state index contributed by atoms with van der Waals surface area (Å²) in [7, 11) is 0. The van der Waals surface area contributed by atoms with Crippen LogP contribution in [0.2, 0.25) is 0 Å². The van der Waals surface area contributed by atoms with Gasteiger partial charge < -0.3 is 25.2 Å². The van der Waals surface area contributed by atoms with Crippen molar-refractivity contribution in [2.75, 3.05) is 81.1 Å². The summed E-state index contributed by atoms with van der Waals surface area (Å²) < 4.78 is 20.9. The molecule has 0 radical (unpaired) electrons. The highest BCUT2D eigenvalue weighted by Crippen LogP contribution is 2.40. The molecule has 38 heavy (non-hydrogen) atoms. The highest BCUT2D eigenvalue weighted by Gasteiger charge is 2.31. The van der Waals surface area contributed by atoms with Gasteiger partial charge in [-0.25, -0.2) is 19.3 Å². The minimum absolute atomic E-state index is 0.212. The number of rotatable bonds is 6. The molecule has 3 aliphatic rings. The lowest BCUT2D eigenvalue weighted by atomic mass is 10.1. The van der Waals surface area contributed by atoms with Gasteiger partial charge in [-0.3, -0.25) is 4.90 Å². The van der Waals surface area contributed by atoms with Crippen molar-refractivity contribution in [1.29, 1.82) is 0 Å². The summed E-state index contributed by atoms with van der Waals surface area (Å²) in [6.07, 6.45) is 4.08. The van der Waals surface area contributed by atoms with Crippen LogP contribution in [0.3, 0.4) is 0 Å². The number of ether oxygens (including phenoxy) is 1. The van der Waals surface area contributed by atoms with Crippen LogP contribution in [0.15, 0.2) is 30.6 Å². The van der Waals surface area contributed by atoms with Gasteiger partial charge in [-0.2, -0.15) is 4.98 Å². The van der Waals surface area contributed by atoms with Crippen LogP contribution in [-0.2, 0) is 17.7 Å². The maximum absolute atomic E-state index is 15.3. The quantitative estimate of drug-likeness (QED) is 0.522. The first-order valence-electron chi connectivity index (χ1n) is 13.4. The summed E-state index contributed by atoms with van der Waals surface area (Å²) in [5.74, 6) is 1.31. The lowest BCUT2D eigenvalue weighted by molar-refractivity contribution is 0.122. The van der Waals surface area contributed by atoms with Gasteiger partial charge in [0, 0.05) is 75.9 Å². The maximum atomic E-state index is 15.3. The second-order valence-electron chi connectivity index (χ2n) is 10.0. The molecule has 10 nitrogen and oxygen atoms in total. The van der Waals surface area contributed by atoms with Crippen LogP contribution in [0.5, 0.6) is 0 Å². The van der Waals surface area contributed by atoms with Crippen molar-refractivity contribution in [3.63, 3.8) is 0 Å². The molecule has 5 heterocycles. The number of aromatic nitrogens is 4. The molecule has 2 fully saturated rings. The number of likely N-dealkylation sites (N-methyl/N-ethyl adjacent to an activating group) is 1. The first-order valence-corrected chi connectivity index (χ1v) is 13.4. The number of morpholine rings is 1. The number of nitrogen functional groups attached to an aromatic ring is 1. The van der Waals surface area contributed by atoms with E-state index in [1.165, 1.54) is 0 Å². The van der Waals surface area contributed by atoms with Crippen LogP contribution < -0.4 is 15.5 Å². The molecule has 0 spiro atoms. The average molecular weight is 520 g/mol. The van der Waals surface area contributed by atoms with Crippen LogP contribution in [0, 0.1) is 5.82 Å². The Kier molecular flexibility index (Phi) is 7.05. The molecule has 3 aromatic rings. The number of halogens is 1. The Balaban J connectivity index is 1.34. The number of benzene rings is 1. The Morgan fingerprint density at radius 3 is 2.42 bits per heavy atom. The molecular formula is C27H34FN9O. The summed E-state index contributed by atoms with van der Waals surface area (Å²) in [4.78, 5) is 27.3. The molecule has 0 bridgehead atoms. The second-order valence-corrected chi connectivity index (χ2v) is 10.0. The van der Waals surface area contributed by atoms with E-state index in [0.717, 1.165) is 67.5 Å².